The zero-order chi connectivity index (χ0) is 33.5. The highest BCUT2D eigenvalue weighted by Gasteiger charge is 2.29. The minimum absolute atomic E-state index is 0.126. The Morgan fingerprint density at radius 2 is 1.60 bits per heavy atom. The van der Waals surface area contributed by atoms with E-state index in [-0.39, 0.29) is 24.2 Å². The minimum Gasteiger partial charge on any atom is -0.488 e. The third kappa shape index (κ3) is 7.46. The Hall–Kier alpha value is -4.92. The minimum atomic E-state index is -0.322. The van der Waals surface area contributed by atoms with E-state index in [1.54, 1.807) is 0 Å². The number of ether oxygens (including phenoxy) is 2. The Bertz CT molecular complexity index is 1840. The molecule has 1 aliphatic rings. The van der Waals surface area contributed by atoms with E-state index < -0.39 is 0 Å². The van der Waals surface area contributed by atoms with Crippen LogP contribution < -0.4 is 14.8 Å². The van der Waals surface area contributed by atoms with Crippen molar-refractivity contribution in [3.05, 3.63) is 125 Å². The summed E-state index contributed by atoms with van der Waals surface area (Å²) in [5, 5.41) is 16.9. The van der Waals surface area contributed by atoms with Crippen LogP contribution in [0.4, 0.5) is 0 Å². The molecule has 2 N–H and O–H groups in total. The highest BCUT2D eigenvalue weighted by atomic mass is 16.5. The summed E-state index contributed by atoms with van der Waals surface area (Å²) < 4.78 is 18.9. The van der Waals surface area contributed by atoms with Crippen molar-refractivity contribution in [1.29, 1.82) is 0 Å². The van der Waals surface area contributed by atoms with E-state index in [4.69, 9.17) is 14.0 Å². The molecule has 0 aliphatic carbocycles. The quantitative estimate of drug-likeness (QED) is 0.138. The summed E-state index contributed by atoms with van der Waals surface area (Å²) in [5.74, 6) is 1.28. The fourth-order valence-corrected chi connectivity index (χ4v) is 6.17. The van der Waals surface area contributed by atoms with Crippen molar-refractivity contribution < 1.29 is 23.9 Å². The van der Waals surface area contributed by atoms with E-state index in [9.17, 15) is 9.90 Å². The Morgan fingerprint density at radius 1 is 0.917 bits per heavy atom. The van der Waals surface area contributed by atoms with Gasteiger partial charge in [0.15, 0.2) is 0 Å². The Morgan fingerprint density at radius 3 is 2.25 bits per heavy atom. The van der Waals surface area contributed by atoms with Crippen LogP contribution in [0.25, 0.3) is 22.4 Å². The van der Waals surface area contributed by atoms with Crippen LogP contribution in [0.2, 0.25) is 0 Å². The second kappa shape index (κ2) is 15.3. The summed E-state index contributed by atoms with van der Waals surface area (Å²) in [5.41, 5.74) is 8.25. The highest BCUT2D eigenvalue weighted by molar-refractivity contribution is 6.02. The zero-order valence-electron chi connectivity index (χ0n) is 27.9. The van der Waals surface area contributed by atoms with Gasteiger partial charge in [-0.2, -0.15) is 0 Å². The van der Waals surface area contributed by atoms with Crippen molar-refractivity contribution in [3.8, 4) is 33.9 Å². The first kappa shape index (κ1) is 33.0. The van der Waals surface area contributed by atoms with Gasteiger partial charge in [-0.15, -0.1) is 0 Å². The Balaban J connectivity index is 1.47. The monoisotopic (exact) mass is 645 g/mol. The van der Waals surface area contributed by atoms with Crippen LogP contribution >= 0.6 is 0 Å². The topological polar surface area (TPSA) is 97.1 Å². The van der Waals surface area contributed by atoms with Crippen molar-refractivity contribution >= 4 is 5.91 Å². The first-order valence-corrected chi connectivity index (χ1v) is 16.7. The molecule has 0 unspecified atom stereocenters. The number of fused-ring (bicyclic) bond motifs is 1. The zero-order valence-corrected chi connectivity index (χ0v) is 27.9. The van der Waals surface area contributed by atoms with Crippen molar-refractivity contribution in [2.24, 2.45) is 0 Å². The van der Waals surface area contributed by atoms with Crippen molar-refractivity contribution in [1.82, 2.24) is 15.4 Å². The predicted molar refractivity (Wildman–Crippen MR) is 187 cm³/mol. The lowest BCUT2D eigenvalue weighted by molar-refractivity contribution is 0.0920. The summed E-state index contributed by atoms with van der Waals surface area (Å²) in [6.45, 7) is 9.76. The van der Waals surface area contributed by atoms with Crippen molar-refractivity contribution in [2.45, 2.75) is 52.9 Å². The fraction of sp³-hybridized carbons (Fsp3) is 0.300. The average Bonchev–Trinajstić information content (AvgIpc) is 3.56. The largest absolute Gasteiger partial charge is 0.488 e. The SMILES string of the molecule is CCNC(=O)c1onc(-c2cc(C(C)C)c(OCc3ccccc3)cc2OCc2ccccc2)c1-c1ccc2c(c1)CCN(CCO)C2. The van der Waals surface area contributed by atoms with Gasteiger partial charge in [-0.25, -0.2) is 0 Å². The molecule has 0 fully saturated rings. The van der Waals surface area contributed by atoms with E-state index in [1.807, 2.05) is 79.7 Å². The number of rotatable bonds is 13. The lowest BCUT2D eigenvalue weighted by Gasteiger charge is -2.28. The van der Waals surface area contributed by atoms with Gasteiger partial charge in [0.25, 0.3) is 5.91 Å². The van der Waals surface area contributed by atoms with Crippen LogP contribution in [0.1, 0.15) is 65.1 Å². The molecule has 0 spiro atoms. The number of hydrogen-bond acceptors (Lipinski definition) is 7. The molecule has 8 nitrogen and oxygen atoms in total. The van der Waals surface area contributed by atoms with Crippen molar-refractivity contribution in [3.63, 3.8) is 0 Å². The van der Waals surface area contributed by atoms with Gasteiger partial charge in [-0.1, -0.05) is 97.9 Å². The molecular formula is C40H43N3O5. The summed E-state index contributed by atoms with van der Waals surface area (Å²) in [7, 11) is 0. The lowest BCUT2D eigenvalue weighted by atomic mass is 9.91. The molecule has 8 heteroatoms. The lowest BCUT2D eigenvalue weighted by Crippen LogP contribution is -2.32. The molecule has 1 amide bonds. The molecule has 5 aromatic rings. The number of amides is 1. The van der Waals surface area contributed by atoms with Gasteiger partial charge in [0.05, 0.1) is 12.2 Å². The summed E-state index contributed by atoms with van der Waals surface area (Å²) >= 11 is 0. The molecule has 0 saturated heterocycles. The number of nitrogens with one attached hydrogen (secondary N) is 1. The van der Waals surface area contributed by atoms with Gasteiger partial charge >= 0.3 is 0 Å². The van der Waals surface area contributed by atoms with Gasteiger partial charge < -0.3 is 24.4 Å². The van der Waals surface area contributed by atoms with Crippen LogP contribution in [-0.4, -0.2) is 47.3 Å². The van der Waals surface area contributed by atoms with E-state index in [0.29, 0.717) is 43.3 Å². The fourth-order valence-electron chi connectivity index (χ4n) is 6.17. The van der Waals surface area contributed by atoms with Gasteiger partial charge in [0.1, 0.15) is 30.4 Å². The van der Waals surface area contributed by atoms with E-state index >= 15 is 0 Å². The number of aliphatic hydroxyl groups excluding tert-OH is 1. The molecule has 1 aliphatic heterocycles. The number of carbonyl (C=O) groups is 1. The van der Waals surface area contributed by atoms with E-state index in [0.717, 1.165) is 53.1 Å². The summed E-state index contributed by atoms with van der Waals surface area (Å²) in [6, 6.07) is 30.4. The molecule has 248 valence electrons. The molecule has 0 atom stereocenters. The van der Waals surface area contributed by atoms with Crippen LogP contribution in [0.5, 0.6) is 11.5 Å². The van der Waals surface area contributed by atoms with Gasteiger partial charge in [0, 0.05) is 37.8 Å². The molecule has 2 heterocycles. The average molecular weight is 646 g/mol. The van der Waals surface area contributed by atoms with Crippen molar-refractivity contribution in [2.75, 3.05) is 26.2 Å². The number of aliphatic hydroxyl groups is 1. The molecule has 0 radical (unpaired) electrons. The number of hydrogen-bond donors (Lipinski definition) is 2. The molecule has 1 aromatic heterocycles. The first-order valence-electron chi connectivity index (χ1n) is 16.7. The number of β-amino-alcohol motifs (C(OH)–C–C–N with tert-alkyl or cyclic N) is 1. The Labute approximate surface area is 282 Å². The second-order valence-corrected chi connectivity index (χ2v) is 12.4. The molecule has 0 saturated carbocycles. The highest BCUT2D eigenvalue weighted by Crippen LogP contribution is 2.44. The van der Waals surface area contributed by atoms with E-state index in [1.165, 1.54) is 11.1 Å². The molecule has 0 bridgehead atoms. The maximum absolute atomic E-state index is 13.4. The van der Waals surface area contributed by atoms with E-state index in [2.05, 4.69) is 47.4 Å². The van der Waals surface area contributed by atoms with Gasteiger partial charge in [0.2, 0.25) is 5.76 Å². The summed E-state index contributed by atoms with van der Waals surface area (Å²) in [4.78, 5) is 15.7. The molecular weight excluding hydrogens is 602 g/mol. The predicted octanol–water partition coefficient (Wildman–Crippen LogP) is 7.39. The van der Waals surface area contributed by atoms with Crippen LogP contribution in [0.3, 0.4) is 0 Å². The number of benzene rings is 4. The number of aromatic nitrogens is 1. The molecule has 6 rings (SSSR count). The number of nitrogens with zero attached hydrogens (tertiary/aromatic N) is 2. The third-order valence-corrected chi connectivity index (χ3v) is 8.70. The maximum atomic E-state index is 13.4. The first-order chi connectivity index (χ1) is 23.4. The number of carbonyl (C=O) groups excluding carboxylic acids is 1. The second-order valence-electron chi connectivity index (χ2n) is 12.4. The Kier molecular flexibility index (Phi) is 10.5. The van der Waals surface area contributed by atoms with Crippen LogP contribution in [0.15, 0.2) is 95.5 Å². The standard InChI is InChI=1S/C40H43N3O5/c1-4-41-40(45)39-37(31-15-16-32-24-43(19-20-44)18-17-30(32)21-31)38(42-48-39)34-22-33(27(2)3)35(46-25-28-11-7-5-8-12-28)23-36(34)47-26-29-13-9-6-10-14-29/h5-16,21-23,27,44H,4,17-20,24-26H2,1-3H3,(H,41,45). The summed E-state index contributed by atoms with van der Waals surface area (Å²) in [6.07, 6.45) is 0.844. The smallest absolute Gasteiger partial charge is 0.290 e. The van der Waals surface area contributed by atoms with Crippen LogP contribution in [-0.2, 0) is 26.2 Å². The van der Waals surface area contributed by atoms with Gasteiger partial charge in [-0.3, -0.25) is 9.69 Å². The third-order valence-electron chi connectivity index (χ3n) is 8.70. The molecule has 4 aromatic carbocycles. The molecule has 48 heavy (non-hydrogen) atoms. The van der Waals surface area contributed by atoms with Gasteiger partial charge in [-0.05, 0) is 58.7 Å². The maximum Gasteiger partial charge on any atom is 0.290 e. The normalized spacial score (nSPS) is 12.9. The van der Waals surface area contributed by atoms with Crippen LogP contribution in [0, 0.1) is 0 Å².